The molecule has 3 aromatic carbocycles. The number of benzene rings is 3. The van der Waals surface area contributed by atoms with E-state index >= 15 is 0 Å². The Labute approximate surface area is 245 Å². The number of halogens is 2. The molecule has 0 saturated heterocycles. The van der Waals surface area contributed by atoms with Gasteiger partial charge in [-0.2, -0.15) is 0 Å². The second-order valence-electron chi connectivity index (χ2n) is 11.3. The molecule has 0 aliphatic heterocycles. The predicted molar refractivity (Wildman–Crippen MR) is 174 cm³/mol. The Morgan fingerprint density at radius 2 is 0.947 bits per heavy atom. The molecule has 0 radical (unpaired) electrons. The van der Waals surface area contributed by atoms with Crippen LogP contribution in [0.15, 0.2) is 57.5 Å². The lowest BCUT2D eigenvalue weighted by atomic mass is 9.99. The molecule has 0 fully saturated rings. The third kappa shape index (κ3) is 5.32. The summed E-state index contributed by atoms with van der Waals surface area (Å²) in [5.74, 6) is 1.40. The molecule has 202 valence electrons. The molecule has 0 amide bonds. The van der Waals surface area contributed by atoms with Gasteiger partial charge in [0.05, 0.1) is 11.0 Å². The zero-order chi connectivity index (χ0) is 26.8. The van der Waals surface area contributed by atoms with Crippen LogP contribution in [0, 0.1) is 11.8 Å². The summed E-state index contributed by atoms with van der Waals surface area (Å²) in [5, 5.41) is 5.50. The second-order valence-corrected chi connectivity index (χ2v) is 13.1. The van der Waals surface area contributed by atoms with E-state index in [2.05, 4.69) is 117 Å². The summed E-state index contributed by atoms with van der Waals surface area (Å²) in [6.07, 6.45) is 10.2. The van der Waals surface area contributed by atoms with Gasteiger partial charge in [0.2, 0.25) is 0 Å². The Morgan fingerprint density at radius 3 is 1.32 bits per heavy atom. The van der Waals surface area contributed by atoms with Gasteiger partial charge in [0, 0.05) is 54.6 Å². The van der Waals surface area contributed by atoms with Crippen LogP contribution in [0.1, 0.15) is 79.1 Å². The molecule has 0 unspecified atom stereocenters. The molecule has 5 aromatic rings. The van der Waals surface area contributed by atoms with Crippen LogP contribution in [0.3, 0.4) is 0 Å². The third-order valence-electron chi connectivity index (χ3n) is 8.75. The fourth-order valence-corrected chi connectivity index (χ4v) is 7.07. The van der Waals surface area contributed by atoms with Crippen molar-refractivity contribution < 1.29 is 0 Å². The second kappa shape index (κ2) is 12.2. The largest absolute Gasteiger partial charge is 0.340 e. The quantitative estimate of drug-likeness (QED) is 0.129. The van der Waals surface area contributed by atoms with E-state index in [1.54, 1.807) is 0 Å². The van der Waals surface area contributed by atoms with Crippen molar-refractivity contribution in [1.82, 2.24) is 9.13 Å². The van der Waals surface area contributed by atoms with Crippen molar-refractivity contribution in [2.75, 3.05) is 0 Å². The Hall–Kier alpha value is -1.78. The monoisotopic (exact) mass is 636 g/mol. The lowest BCUT2D eigenvalue weighted by Gasteiger charge is -2.18. The van der Waals surface area contributed by atoms with Crippen LogP contribution in [-0.4, -0.2) is 9.13 Å². The standard InChI is InChI=1S/C34H42Br2N2/c1-5-9-11-23(7-3)21-37-31-17-25(35)13-15-27(31)29-20-34-30(19-33(29)37)28-16-14-26(36)18-32(28)38(34)22-24(8-4)12-10-6-2/h13-20,23-24H,5-12,21-22H2,1-4H3/t23-,24+. The summed E-state index contributed by atoms with van der Waals surface area (Å²) >= 11 is 7.54. The fourth-order valence-electron chi connectivity index (χ4n) is 6.37. The molecule has 38 heavy (non-hydrogen) atoms. The molecule has 2 heterocycles. The first-order valence-electron chi connectivity index (χ1n) is 14.8. The number of fused-ring (bicyclic) bond motifs is 6. The van der Waals surface area contributed by atoms with Gasteiger partial charge in [-0.05, 0) is 61.1 Å². The van der Waals surface area contributed by atoms with Gasteiger partial charge in [-0.1, -0.05) is 110 Å². The van der Waals surface area contributed by atoms with Gasteiger partial charge in [0.1, 0.15) is 0 Å². The van der Waals surface area contributed by atoms with Crippen molar-refractivity contribution in [3.8, 4) is 0 Å². The van der Waals surface area contributed by atoms with E-state index in [0.717, 1.165) is 22.0 Å². The summed E-state index contributed by atoms with van der Waals surface area (Å²) in [6.45, 7) is 11.5. The zero-order valence-corrected chi connectivity index (χ0v) is 26.7. The summed E-state index contributed by atoms with van der Waals surface area (Å²) in [7, 11) is 0. The average molecular weight is 639 g/mol. The third-order valence-corrected chi connectivity index (χ3v) is 9.73. The molecule has 0 spiro atoms. The predicted octanol–water partition coefficient (Wildman–Crippen LogP) is 11.9. The fraction of sp³-hybridized carbons (Fsp3) is 0.471. The van der Waals surface area contributed by atoms with Crippen LogP contribution in [0.5, 0.6) is 0 Å². The zero-order valence-electron chi connectivity index (χ0n) is 23.5. The van der Waals surface area contributed by atoms with E-state index < -0.39 is 0 Å². The normalized spacial score (nSPS) is 13.8. The minimum atomic E-state index is 0.699. The summed E-state index contributed by atoms with van der Waals surface area (Å²) in [4.78, 5) is 0. The SMILES string of the molecule is CCCC[C@@H](CC)Cn1c2cc(Br)ccc2c2cc3c(cc21)c1ccc(Br)cc1n3C[C@@H](CC)CCCC. The average Bonchev–Trinajstić information content (AvgIpc) is 3.38. The van der Waals surface area contributed by atoms with E-state index in [1.165, 1.54) is 95.0 Å². The van der Waals surface area contributed by atoms with Gasteiger partial charge in [-0.15, -0.1) is 0 Å². The van der Waals surface area contributed by atoms with E-state index in [-0.39, 0.29) is 0 Å². The van der Waals surface area contributed by atoms with Gasteiger partial charge in [-0.25, -0.2) is 0 Å². The number of rotatable bonds is 12. The molecule has 0 saturated carbocycles. The molecule has 0 bridgehead atoms. The number of hydrogen-bond donors (Lipinski definition) is 0. The van der Waals surface area contributed by atoms with Crippen LogP contribution >= 0.6 is 31.9 Å². The van der Waals surface area contributed by atoms with Gasteiger partial charge in [-0.3, -0.25) is 0 Å². The van der Waals surface area contributed by atoms with Crippen LogP contribution in [0.25, 0.3) is 43.6 Å². The first-order valence-corrected chi connectivity index (χ1v) is 16.4. The Morgan fingerprint density at radius 1 is 0.553 bits per heavy atom. The van der Waals surface area contributed by atoms with E-state index in [4.69, 9.17) is 0 Å². The molecule has 2 atom stereocenters. The van der Waals surface area contributed by atoms with Crippen LogP contribution in [-0.2, 0) is 13.1 Å². The number of unbranched alkanes of at least 4 members (excludes halogenated alkanes) is 2. The molecule has 2 aromatic heterocycles. The molecule has 2 nitrogen and oxygen atoms in total. The van der Waals surface area contributed by atoms with Gasteiger partial charge in [0.15, 0.2) is 0 Å². The molecular weight excluding hydrogens is 596 g/mol. The maximum atomic E-state index is 3.77. The summed E-state index contributed by atoms with van der Waals surface area (Å²) in [5.41, 5.74) is 5.45. The summed E-state index contributed by atoms with van der Waals surface area (Å²) < 4.78 is 7.55. The van der Waals surface area contributed by atoms with Crippen molar-refractivity contribution in [3.63, 3.8) is 0 Å². The highest BCUT2D eigenvalue weighted by Crippen LogP contribution is 2.39. The van der Waals surface area contributed by atoms with Crippen LogP contribution in [0.2, 0.25) is 0 Å². The molecule has 0 aliphatic carbocycles. The molecular formula is C34H42Br2N2. The van der Waals surface area contributed by atoms with Crippen molar-refractivity contribution in [1.29, 1.82) is 0 Å². The van der Waals surface area contributed by atoms with Gasteiger partial charge >= 0.3 is 0 Å². The number of nitrogens with zero attached hydrogens (tertiary/aromatic N) is 2. The Kier molecular flexibility index (Phi) is 8.89. The van der Waals surface area contributed by atoms with Gasteiger partial charge < -0.3 is 9.13 Å². The molecule has 0 aliphatic rings. The molecule has 4 heteroatoms. The lowest BCUT2D eigenvalue weighted by molar-refractivity contribution is 0.400. The lowest BCUT2D eigenvalue weighted by Crippen LogP contribution is -2.10. The van der Waals surface area contributed by atoms with E-state index in [0.29, 0.717) is 11.8 Å². The first-order chi connectivity index (χ1) is 18.5. The number of aromatic nitrogens is 2. The summed E-state index contributed by atoms with van der Waals surface area (Å²) in [6, 6.07) is 18.7. The van der Waals surface area contributed by atoms with Crippen molar-refractivity contribution in [2.24, 2.45) is 11.8 Å². The van der Waals surface area contributed by atoms with Crippen molar-refractivity contribution in [3.05, 3.63) is 57.5 Å². The van der Waals surface area contributed by atoms with Crippen molar-refractivity contribution in [2.45, 2.75) is 92.2 Å². The minimum absolute atomic E-state index is 0.699. The maximum absolute atomic E-state index is 3.77. The van der Waals surface area contributed by atoms with E-state index in [1.807, 2.05) is 0 Å². The smallest absolute Gasteiger partial charge is 0.0502 e. The molecule has 5 rings (SSSR count). The Bertz CT molecular complexity index is 1440. The highest BCUT2D eigenvalue weighted by atomic mass is 79.9. The number of hydrogen-bond acceptors (Lipinski definition) is 0. The highest BCUT2D eigenvalue weighted by Gasteiger charge is 2.20. The minimum Gasteiger partial charge on any atom is -0.340 e. The highest BCUT2D eigenvalue weighted by molar-refractivity contribution is 9.10. The topological polar surface area (TPSA) is 9.86 Å². The van der Waals surface area contributed by atoms with E-state index in [9.17, 15) is 0 Å². The van der Waals surface area contributed by atoms with Crippen LogP contribution < -0.4 is 0 Å². The van der Waals surface area contributed by atoms with Gasteiger partial charge in [0.25, 0.3) is 0 Å². The maximum Gasteiger partial charge on any atom is 0.0502 e. The van der Waals surface area contributed by atoms with Crippen LogP contribution in [0.4, 0.5) is 0 Å². The van der Waals surface area contributed by atoms with Crippen molar-refractivity contribution >= 4 is 75.5 Å². The molecule has 0 N–H and O–H groups in total. The Balaban J connectivity index is 1.76. The first kappa shape index (κ1) is 27.8.